The van der Waals surface area contributed by atoms with Crippen LogP contribution in [0.2, 0.25) is 0 Å². The highest BCUT2D eigenvalue weighted by Crippen LogP contribution is 2.19. The molecule has 0 fully saturated rings. The number of aromatic nitrogens is 2. The lowest BCUT2D eigenvalue weighted by Crippen LogP contribution is -2.33. The molecule has 7 nitrogen and oxygen atoms in total. The number of nitrogens with zero attached hydrogens (tertiary/aromatic N) is 3. The van der Waals surface area contributed by atoms with E-state index < -0.39 is 5.97 Å². The largest absolute Gasteiger partial charge is 0.456 e. The molecule has 0 radical (unpaired) electrons. The van der Waals surface area contributed by atoms with Crippen molar-refractivity contribution in [1.29, 1.82) is 0 Å². The number of likely N-dealkylation sites (N-methyl/N-ethyl adjacent to an activating group) is 1. The monoisotopic (exact) mass is 407 g/mol. The third-order valence-corrected chi connectivity index (χ3v) is 4.92. The topological polar surface area (TPSA) is 85.5 Å². The molecule has 0 spiro atoms. The van der Waals surface area contributed by atoms with Crippen LogP contribution in [0.1, 0.15) is 36.4 Å². The van der Waals surface area contributed by atoms with Gasteiger partial charge in [0.1, 0.15) is 0 Å². The molecule has 1 heterocycles. The van der Waals surface area contributed by atoms with Gasteiger partial charge in [-0.05, 0) is 31.5 Å². The van der Waals surface area contributed by atoms with Gasteiger partial charge < -0.3 is 14.1 Å². The summed E-state index contributed by atoms with van der Waals surface area (Å²) in [7, 11) is 1.69. The number of ether oxygens (including phenoxy) is 1. The summed E-state index contributed by atoms with van der Waals surface area (Å²) < 4.78 is 10.7. The molecule has 30 heavy (non-hydrogen) atoms. The Bertz CT molecular complexity index is 983. The zero-order valence-corrected chi connectivity index (χ0v) is 17.4. The van der Waals surface area contributed by atoms with E-state index in [1.165, 1.54) is 0 Å². The molecule has 1 amide bonds. The number of carbonyl (C=O) groups is 2. The zero-order chi connectivity index (χ0) is 21.5. The van der Waals surface area contributed by atoms with E-state index in [2.05, 4.69) is 10.2 Å². The van der Waals surface area contributed by atoms with Gasteiger partial charge in [0.25, 0.3) is 5.91 Å². The molecular formula is C23H25N3O4. The number of esters is 1. The quantitative estimate of drug-likeness (QED) is 0.529. The van der Waals surface area contributed by atoms with Crippen LogP contribution in [0.3, 0.4) is 0 Å². The fraction of sp³-hybridized carbons (Fsp3) is 0.304. The Hall–Kier alpha value is -3.48. The van der Waals surface area contributed by atoms with Crippen molar-refractivity contribution in [2.24, 2.45) is 0 Å². The molecule has 0 aliphatic carbocycles. The smallest absolute Gasteiger partial charge is 0.306 e. The van der Waals surface area contributed by atoms with E-state index in [-0.39, 0.29) is 31.4 Å². The van der Waals surface area contributed by atoms with Crippen LogP contribution in [0.5, 0.6) is 0 Å². The van der Waals surface area contributed by atoms with Gasteiger partial charge in [0, 0.05) is 19.0 Å². The van der Waals surface area contributed by atoms with E-state index in [1.807, 2.05) is 68.4 Å². The highest BCUT2D eigenvalue weighted by atomic mass is 16.5. The molecule has 7 heteroatoms. The van der Waals surface area contributed by atoms with Crippen molar-refractivity contribution in [1.82, 2.24) is 15.1 Å². The third-order valence-electron chi connectivity index (χ3n) is 4.92. The standard InChI is InChI=1S/C23H25N3O4/c1-16-9-11-19(12-10-16)23-25-24-20(30-23)13-14-22(28)29-15-21(27)26(3)17(2)18-7-5-4-6-8-18/h4-12,17H,13-15H2,1-3H3. The van der Waals surface area contributed by atoms with E-state index in [0.29, 0.717) is 11.8 Å². The van der Waals surface area contributed by atoms with Crippen molar-refractivity contribution in [3.05, 3.63) is 71.6 Å². The summed E-state index contributed by atoms with van der Waals surface area (Å²) in [5.41, 5.74) is 2.98. The zero-order valence-electron chi connectivity index (χ0n) is 17.4. The molecule has 0 saturated carbocycles. The van der Waals surface area contributed by atoms with Gasteiger partial charge in [-0.1, -0.05) is 48.0 Å². The second-order valence-electron chi connectivity index (χ2n) is 7.12. The summed E-state index contributed by atoms with van der Waals surface area (Å²) in [6.07, 6.45) is 0.308. The van der Waals surface area contributed by atoms with Gasteiger partial charge in [-0.3, -0.25) is 9.59 Å². The Morgan fingerprint density at radius 3 is 2.47 bits per heavy atom. The normalized spacial score (nSPS) is 11.7. The second-order valence-corrected chi connectivity index (χ2v) is 7.12. The van der Waals surface area contributed by atoms with E-state index in [0.717, 1.165) is 16.7 Å². The highest BCUT2D eigenvalue weighted by Gasteiger charge is 2.19. The number of hydrogen-bond donors (Lipinski definition) is 0. The van der Waals surface area contributed by atoms with Gasteiger partial charge >= 0.3 is 5.97 Å². The molecule has 3 rings (SSSR count). The lowest BCUT2D eigenvalue weighted by Gasteiger charge is -2.25. The van der Waals surface area contributed by atoms with Crippen molar-refractivity contribution < 1.29 is 18.7 Å². The average Bonchev–Trinajstić information content (AvgIpc) is 3.25. The molecule has 1 unspecified atom stereocenters. The predicted octanol–water partition coefficient (Wildman–Crippen LogP) is 3.74. The maximum atomic E-state index is 12.3. The summed E-state index contributed by atoms with van der Waals surface area (Å²) in [5.74, 6) is 0.00656. The van der Waals surface area contributed by atoms with Crippen LogP contribution >= 0.6 is 0 Å². The fourth-order valence-corrected chi connectivity index (χ4v) is 2.86. The summed E-state index contributed by atoms with van der Waals surface area (Å²) in [5, 5.41) is 7.98. The summed E-state index contributed by atoms with van der Waals surface area (Å²) in [6, 6.07) is 17.3. The molecule has 0 aliphatic rings. The lowest BCUT2D eigenvalue weighted by atomic mass is 10.1. The minimum absolute atomic E-state index is 0.0563. The van der Waals surface area contributed by atoms with Crippen molar-refractivity contribution in [2.45, 2.75) is 32.7 Å². The van der Waals surface area contributed by atoms with Gasteiger partial charge in [-0.2, -0.15) is 0 Å². The number of carbonyl (C=O) groups excluding carboxylic acids is 2. The van der Waals surface area contributed by atoms with E-state index in [4.69, 9.17) is 9.15 Å². The van der Waals surface area contributed by atoms with E-state index in [9.17, 15) is 9.59 Å². The van der Waals surface area contributed by atoms with Gasteiger partial charge in [0.15, 0.2) is 6.61 Å². The Balaban J connectivity index is 1.45. The van der Waals surface area contributed by atoms with Crippen molar-refractivity contribution >= 4 is 11.9 Å². The molecule has 0 aliphatic heterocycles. The van der Waals surface area contributed by atoms with Crippen LogP contribution in [0, 0.1) is 6.92 Å². The number of rotatable bonds is 8. The molecule has 156 valence electrons. The Morgan fingerprint density at radius 1 is 1.07 bits per heavy atom. The molecular weight excluding hydrogens is 382 g/mol. The Labute approximate surface area is 175 Å². The van der Waals surface area contributed by atoms with Crippen molar-refractivity contribution in [3.63, 3.8) is 0 Å². The minimum atomic E-state index is -0.487. The highest BCUT2D eigenvalue weighted by molar-refractivity contribution is 5.80. The van der Waals surface area contributed by atoms with Crippen molar-refractivity contribution in [2.75, 3.05) is 13.7 Å². The first-order chi connectivity index (χ1) is 14.4. The van der Waals surface area contributed by atoms with Crippen LogP contribution in [-0.2, 0) is 20.7 Å². The maximum Gasteiger partial charge on any atom is 0.306 e. The SMILES string of the molecule is Cc1ccc(-c2nnc(CCC(=O)OCC(=O)N(C)C(C)c3ccccc3)o2)cc1. The predicted molar refractivity (Wildman–Crippen MR) is 111 cm³/mol. The van der Waals surface area contributed by atoms with Crippen LogP contribution < -0.4 is 0 Å². The fourth-order valence-electron chi connectivity index (χ4n) is 2.86. The van der Waals surface area contributed by atoms with E-state index >= 15 is 0 Å². The average molecular weight is 407 g/mol. The maximum absolute atomic E-state index is 12.3. The first-order valence-corrected chi connectivity index (χ1v) is 9.79. The van der Waals surface area contributed by atoms with Crippen LogP contribution in [0.4, 0.5) is 0 Å². The Kier molecular flexibility index (Phi) is 6.95. The summed E-state index contributed by atoms with van der Waals surface area (Å²) in [6.45, 7) is 3.63. The number of hydrogen-bond acceptors (Lipinski definition) is 6. The van der Waals surface area contributed by atoms with Gasteiger partial charge in [-0.25, -0.2) is 0 Å². The molecule has 2 aromatic carbocycles. The molecule has 1 aromatic heterocycles. The molecule has 0 saturated heterocycles. The summed E-state index contributed by atoms with van der Waals surface area (Å²) >= 11 is 0. The first-order valence-electron chi connectivity index (χ1n) is 9.79. The second kappa shape index (κ2) is 9.82. The lowest BCUT2D eigenvalue weighted by molar-refractivity contribution is -0.152. The van der Waals surface area contributed by atoms with Crippen LogP contribution in [-0.4, -0.2) is 40.6 Å². The molecule has 0 N–H and O–H groups in total. The minimum Gasteiger partial charge on any atom is -0.456 e. The van der Waals surface area contributed by atoms with Gasteiger partial charge in [0.05, 0.1) is 12.5 Å². The molecule has 1 atom stereocenters. The Morgan fingerprint density at radius 2 is 1.77 bits per heavy atom. The van der Waals surface area contributed by atoms with Gasteiger partial charge in [0.2, 0.25) is 11.8 Å². The van der Waals surface area contributed by atoms with Crippen LogP contribution in [0.25, 0.3) is 11.5 Å². The summed E-state index contributed by atoms with van der Waals surface area (Å²) in [4.78, 5) is 25.9. The number of benzene rings is 2. The van der Waals surface area contributed by atoms with Crippen LogP contribution in [0.15, 0.2) is 59.0 Å². The third kappa shape index (κ3) is 5.53. The molecule has 0 bridgehead atoms. The van der Waals surface area contributed by atoms with Crippen molar-refractivity contribution in [3.8, 4) is 11.5 Å². The first kappa shape index (κ1) is 21.2. The number of amides is 1. The van der Waals surface area contributed by atoms with E-state index in [1.54, 1.807) is 11.9 Å². The number of aryl methyl sites for hydroxylation is 2. The van der Waals surface area contributed by atoms with Gasteiger partial charge in [-0.15, -0.1) is 10.2 Å². The molecule has 3 aromatic rings.